The summed E-state index contributed by atoms with van der Waals surface area (Å²) >= 11 is 0. The van der Waals surface area contributed by atoms with Crippen LogP contribution in [0.15, 0.2) is 0 Å². The minimum absolute atomic E-state index is 0.00984. The van der Waals surface area contributed by atoms with Gasteiger partial charge in [0, 0.05) is 5.92 Å². The third kappa shape index (κ3) is 3.67. The van der Waals surface area contributed by atoms with Crippen molar-refractivity contribution in [1.82, 2.24) is 5.32 Å². The number of ether oxygens (including phenoxy) is 5. The Bertz CT molecular complexity index is 570. The fraction of sp³-hybridized carbons (Fsp3) is 0.895. The number of amides is 1. The molecule has 0 aromatic carbocycles. The van der Waals surface area contributed by atoms with Gasteiger partial charge >= 0.3 is 12.1 Å². The topological polar surface area (TPSA) is 92.3 Å². The Morgan fingerprint density at radius 2 is 1.81 bits per heavy atom. The van der Waals surface area contributed by atoms with Crippen LogP contribution in [0, 0.1) is 17.8 Å². The van der Waals surface area contributed by atoms with Gasteiger partial charge in [0.25, 0.3) is 0 Å². The lowest BCUT2D eigenvalue weighted by Gasteiger charge is -2.46. The van der Waals surface area contributed by atoms with Crippen LogP contribution in [0.3, 0.4) is 0 Å². The van der Waals surface area contributed by atoms with Crippen LogP contribution < -0.4 is 5.32 Å². The lowest BCUT2D eigenvalue weighted by molar-refractivity contribution is -0.297. The average Bonchev–Trinajstić information content (AvgIpc) is 3.05. The maximum atomic E-state index is 12.1. The molecule has 10 atom stereocenters. The molecule has 1 N–H and O–H groups in total. The van der Waals surface area contributed by atoms with E-state index in [2.05, 4.69) is 12.2 Å². The largest absolute Gasteiger partial charge is 0.467 e. The number of rotatable bonds is 4. The van der Waals surface area contributed by atoms with E-state index >= 15 is 0 Å². The van der Waals surface area contributed by atoms with E-state index in [4.69, 9.17) is 23.7 Å². The van der Waals surface area contributed by atoms with Gasteiger partial charge in [-0.1, -0.05) is 27.7 Å². The van der Waals surface area contributed by atoms with Gasteiger partial charge in [-0.3, -0.25) is 0 Å². The second-order valence-electron chi connectivity index (χ2n) is 7.95. The zero-order valence-corrected chi connectivity index (χ0v) is 16.8. The molecule has 0 bridgehead atoms. The summed E-state index contributed by atoms with van der Waals surface area (Å²) in [5.41, 5.74) is 0. The van der Waals surface area contributed by atoms with E-state index in [1.165, 1.54) is 7.11 Å². The number of hydrogen-bond donors (Lipinski definition) is 1. The number of esters is 1. The van der Waals surface area contributed by atoms with E-state index in [0.29, 0.717) is 6.42 Å². The summed E-state index contributed by atoms with van der Waals surface area (Å²) in [4.78, 5) is 23.9. The quantitative estimate of drug-likeness (QED) is 0.738. The summed E-state index contributed by atoms with van der Waals surface area (Å²) < 4.78 is 28.8. The predicted molar refractivity (Wildman–Crippen MR) is 94.9 cm³/mol. The van der Waals surface area contributed by atoms with Gasteiger partial charge in [0.1, 0.15) is 6.10 Å². The van der Waals surface area contributed by atoms with Gasteiger partial charge in [-0.2, -0.15) is 0 Å². The van der Waals surface area contributed by atoms with E-state index in [0.717, 1.165) is 0 Å². The van der Waals surface area contributed by atoms with E-state index in [1.54, 1.807) is 0 Å². The Morgan fingerprint density at radius 1 is 1.11 bits per heavy atom. The van der Waals surface area contributed by atoms with Gasteiger partial charge in [0.05, 0.1) is 25.4 Å². The van der Waals surface area contributed by atoms with Crippen molar-refractivity contribution < 1.29 is 33.3 Å². The van der Waals surface area contributed by atoms with Crippen molar-refractivity contribution in [2.75, 3.05) is 7.11 Å². The third-order valence-corrected chi connectivity index (χ3v) is 6.44. The number of nitrogens with one attached hydrogen (secondary N) is 1. The van der Waals surface area contributed by atoms with Crippen molar-refractivity contribution >= 4 is 12.1 Å². The van der Waals surface area contributed by atoms with Crippen molar-refractivity contribution in [3.63, 3.8) is 0 Å². The van der Waals surface area contributed by atoms with Crippen LogP contribution in [0.2, 0.25) is 0 Å². The highest BCUT2D eigenvalue weighted by Crippen LogP contribution is 2.39. The Hall–Kier alpha value is -1.38. The summed E-state index contributed by atoms with van der Waals surface area (Å²) in [6.07, 6.45) is -2.36. The molecule has 3 rings (SSSR count). The molecule has 8 heteroatoms. The molecule has 3 aliphatic heterocycles. The summed E-state index contributed by atoms with van der Waals surface area (Å²) in [5.74, 6) is -0.143. The van der Waals surface area contributed by atoms with E-state index < -0.39 is 36.7 Å². The molecule has 3 fully saturated rings. The van der Waals surface area contributed by atoms with Gasteiger partial charge in [0.2, 0.25) is 0 Å². The number of hydrogen-bond acceptors (Lipinski definition) is 7. The summed E-state index contributed by atoms with van der Waals surface area (Å²) in [5, 5.41) is 2.80. The molecule has 0 aromatic rings. The fourth-order valence-corrected chi connectivity index (χ4v) is 4.34. The van der Waals surface area contributed by atoms with Crippen molar-refractivity contribution in [3.8, 4) is 0 Å². The minimum atomic E-state index is -0.685. The van der Waals surface area contributed by atoms with Crippen molar-refractivity contribution in [2.45, 2.75) is 83.9 Å². The SMILES string of the molecule is CCC1O[C@@H](C)C2NC(=O)O[C@H]2[C@@H]1O[C@@H]1OC(C(=O)OC)[C@@H](C)[C@H](C)C1C. The fourth-order valence-electron chi connectivity index (χ4n) is 4.34. The van der Waals surface area contributed by atoms with Crippen molar-refractivity contribution in [1.29, 1.82) is 0 Å². The van der Waals surface area contributed by atoms with Gasteiger partial charge in [0.15, 0.2) is 18.5 Å². The zero-order valence-electron chi connectivity index (χ0n) is 16.8. The Kier molecular flexibility index (Phi) is 5.98. The molecule has 8 nitrogen and oxygen atoms in total. The number of carbonyl (C=O) groups excluding carboxylic acids is 2. The molecule has 0 saturated carbocycles. The highest BCUT2D eigenvalue weighted by Gasteiger charge is 2.53. The van der Waals surface area contributed by atoms with Crippen molar-refractivity contribution in [2.24, 2.45) is 17.8 Å². The molecule has 154 valence electrons. The van der Waals surface area contributed by atoms with Crippen LogP contribution >= 0.6 is 0 Å². The van der Waals surface area contributed by atoms with Gasteiger partial charge in [-0.05, 0) is 25.2 Å². The monoisotopic (exact) mass is 385 g/mol. The average molecular weight is 385 g/mol. The van der Waals surface area contributed by atoms with E-state index in [-0.39, 0.29) is 36.0 Å². The van der Waals surface area contributed by atoms with Crippen LogP contribution in [0.4, 0.5) is 4.79 Å². The first kappa shape index (κ1) is 20.4. The second-order valence-corrected chi connectivity index (χ2v) is 7.95. The molecule has 0 radical (unpaired) electrons. The Labute approximate surface area is 160 Å². The molecule has 3 aliphatic rings. The predicted octanol–water partition coefficient (Wildman–Crippen LogP) is 1.85. The molecular weight excluding hydrogens is 354 g/mol. The maximum absolute atomic E-state index is 12.1. The van der Waals surface area contributed by atoms with E-state index in [1.807, 2.05) is 27.7 Å². The lowest BCUT2D eigenvalue weighted by atomic mass is 9.79. The highest BCUT2D eigenvalue weighted by molar-refractivity contribution is 5.75. The third-order valence-electron chi connectivity index (χ3n) is 6.44. The number of methoxy groups -OCH3 is 1. The lowest BCUT2D eigenvalue weighted by Crippen LogP contribution is -2.61. The molecule has 4 unspecified atom stereocenters. The van der Waals surface area contributed by atoms with E-state index in [9.17, 15) is 9.59 Å². The summed E-state index contributed by atoms with van der Waals surface area (Å²) in [6.45, 7) is 10.0. The first-order valence-corrected chi connectivity index (χ1v) is 9.79. The normalized spacial score (nSPS) is 47.0. The molecule has 0 spiro atoms. The van der Waals surface area contributed by atoms with Crippen LogP contribution in [-0.2, 0) is 28.5 Å². The Balaban J connectivity index is 1.80. The maximum Gasteiger partial charge on any atom is 0.408 e. The molecule has 27 heavy (non-hydrogen) atoms. The molecule has 1 amide bonds. The minimum Gasteiger partial charge on any atom is -0.467 e. The van der Waals surface area contributed by atoms with Crippen LogP contribution in [0.5, 0.6) is 0 Å². The van der Waals surface area contributed by atoms with Gasteiger partial charge in [-0.15, -0.1) is 0 Å². The molecule has 3 saturated heterocycles. The zero-order chi connectivity index (χ0) is 19.9. The summed E-state index contributed by atoms with van der Waals surface area (Å²) in [7, 11) is 1.36. The van der Waals surface area contributed by atoms with Crippen molar-refractivity contribution in [3.05, 3.63) is 0 Å². The van der Waals surface area contributed by atoms with Crippen LogP contribution in [-0.4, -0.2) is 62.0 Å². The van der Waals surface area contributed by atoms with Crippen LogP contribution in [0.25, 0.3) is 0 Å². The first-order chi connectivity index (χ1) is 12.8. The van der Waals surface area contributed by atoms with Crippen LogP contribution in [0.1, 0.15) is 41.0 Å². The number of carbonyl (C=O) groups is 2. The molecular formula is C19H31NO7. The smallest absolute Gasteiger partial charge is 0.408 e. The van der Waals surface area contributed by atoms with Gasteiger partial charge in [-0.25, -0.2) is 9.59 Å². The molecule has 0 aliphatic carbocycles. The number of alkyl carbamates (subject to hydrolysis) is 1. The summed E-state index contributed by atoms with van der Waals surface area (Å²) in [6, 6.07) is -0.267. The van der Waals surface area contributed by atoms with Gasteiger partial charge < -0.3 is 29.0 Å². The molecule has 0 aromatic heterocycles. The molecule has 3 heterocycles. The first-order valence-electron chi connectivity index (χ1n) is 9.79. The second kappa shape index (κ2) is 7.93. The number of fused-ring (bicyclic) bond motifs is 1. The standard InChI is InChI=1S/C19H31NO7/c1-7-12-15(16-13(11(5)24-12)20-19(22)27-16)26-18-10(4)8(2)9(3)14(25-18)17(21)23-6/h8-16,18H,7H2,1-6H3,(H,20,22)/t8-,9-,10?,11-,12?,13?,14?,15+,16+,18-/m0/s1. The highest BCUT2D eigenvalue weighted by atomic mass is 16.7. The Morgan fingerprint density at radius 3 is 2.44 bits per heavy atom.